The molecule has 2 aromatic rings. The number of likely N-dealkylation sites (N-methyl/N-ethyl adjacent to an activating group) is 1. The maximum atomic E-state index is 12.7. The highest BCUT2D eigenvalue weighted by molar-refractivity contribution is 7.12. The van der Waals surface area contributed by atoms with Crippen LogP contribution in [0.5, 0.6) is 5.75 Å². The molecule has 1 fully saturated rings. The van der Waals surface area contributed by atoms with Gasteiger partial charge in [-0.15, -0.1) is 11.3 Å². The Morgan fingerprint density at radius 3 is 2.52 bits per heavy atom. The molecule has 0 spiro atoms. The van der Waals surface area contributed by atoms with Crippen molar-refractivity contribution < 1.29 is 14.3 Å². The number of benzene rings is 1. The predicted molar refractivity (Wildman–Crippen MR) is 107 cm³/mol. The Bertz CT molecular complexity index is 750. The molecule has 144 valence electrons. The number of rotatable bonds is 6. The molecule has 0 unspecified atom stereocenters. The van der Waals surface area contributed by atoms with Gasteiger partial charge in [-0.25, -0.2) is 0 Å². The van der Waals surface area contributed by atoms with Gasteiger partial charge in [0.25, 0.3) is 5.91 Å². The maximum Gasteiger partial charge on any atom is 0.263 e. The van der Waals surface area contributed by atoms with Crippen molar-refractivity contribution in [3.8, 4) is 5.75 Å². The molecule has 1 aliphatic heterocycles. The molecule has 1 aliphatic rings. The summed E-state index contributed by atoms with van der Waals surface area (Å²) in [5.74, 6) is 1.03. The van der Waals surface area contributed by atoms with Crippen LogP contribution in [0.25, 0.3) is 0 Å². The first-order chi connectivity index (χ1) is 13.0. The van der Waals surface area contributed by atoms with Crippen LogP contribution < -0.4 is 4.74 Å². The third kappa shape index (κ3) is 5.10. The molecule has 0 bridgehead atoms. The van der Waals surface area contributed by atoms with E-state index in [1.165, 1.54) is 16.9 Å². The molecule has 5 nitrogen and oxygen atoms in total. The minimum atomic E-state index is -0.0123. The van der Waals surface area contributed by atoms with Crippen LogP contribution in [0.3, 0.4) is 0 Å². The Morgan fingerprint density at radius 1 is 1.19 bits per heavy atom. The van der Waals surface area contributed by atoms with Gasteiger partial charge in [0.15, 0.2) is 0 Å². The molecular weight excluding hydrogens is 360 g/mol. The topological polar surface area (TPSA) is 49.9 Å². The van der Waals surface area contributed by atoms with Gasteiger partial charge in [0, 0.05) is 26.1 Å². The number of carbonyl (C=O) groups is 2. The average Bonchev–Trinajstić information content (AvgIpc) is 3.23. The molecule has 27 heavy (non-hydrogen) atoms. The van der Waals surface area contributed by atoms with E-state index in [-0.39, 0.29) is 17.7 Å². The second-order valence-electron chi connectivity index (χ2n) is 6.97. The highest BCUT2D eigenvalue weighted by Gasteiger charge is 2.29. The van der Waals surface area contributed by atoms with Gasteiger partial charge < -0.3 is 14.5 Å². The van der Waals surface area contributed by atoms with Gasteiger partial charge in [-0.3, -0.25) is 9.59 Å². The van der Waals surface area contributed by atoms with Crippen LogP contribution in [0, 0.1) is 12.8 Å². The summed E-state index contributed by atoms with van der Waals surface area (Å²) in [4.78, 5) is 29.4. The van der Waals surface area contributed by atoms with Gasteiger partial charge >= 0.3 is 0 Å². The molecule has 1 saturated heterocycles. The first-order valence-corrected chi connectivity index (χ1v) is 10.2. The number of hydrogen-bond acceptors (Lipinski definition) is 4. The first-order valence-electron chi connectivity index (χ1n) is 9.32. The molecule has 0 radical (unpaired) electrons. The Morgan fingerprint density at radius 2 is 1.89 bits per heavy atom. The van der Waals surface area contributed by atoms with E-state index < -0.39 is 0 Å². The van der Waals surface area contributed by atoms with Gasteiger partial charge in [0.2, 0.25) is 5.91 Å². The Labute approximate surface area is 164 Å². The van der Waals surface area contributed by atoms with Gasteiger partial charge in [0.05, 0.1) is 11.4 Å². The van der Waals surface area contributed by atoms with E-state index in [0.717, 1.165) is 23.5 Å². The number of aryl methyl sites for hydroxylation is 1. The number of amides is 2. The van der Waals surface area contributed by atoms with Crippen LogP contribution in [0.15, 0.2) is 41.8 Å². The quantitative estimate of drug-likeness (QED) is 0.764. The van der Waals surface area contributed by atoms with Crippen LogP contribution in [-0.4, -0.2) is 54.9 Å². The van der Waals surface area contributed by atoms with Crippen molar-refractivity contribution in [1.29, 1.82) is 0 Å². The van der Waals surface area contributed by atoms with Gasteiger partial charge in [-0.1, -0.05) is 23.8 Å². The summed E-state index contributed by atoms with van der Waals surface area (Å²) in [6.45, 7) is 4.35. The van der Waals surface area contributed by atoms with E-state index >= 15 is 0 Å². The summed E-state index contributed by atoms with van der Waals surface area (Å²) in [6.07, 6.45) is 1.44. The zero-order chi connectivity index (χ0) is 19.2. The van der Waals surface area contributed by atoms with Crippen molar-refractivity contribution in [2.75, 3.05) is 33.3 Å². The molecule has 0 aliphatic carbocycles. The van der Waals surface area contributed by atoms with Crippen molar-refractivity contribution in [2.45, 2.75) is 19.8 Å². The lowest BCUT2D eigenvalue weighted by atomic mass is 9.95. The highest BCUT2D eigenvalue weighted by atomic mass is 32.1. The lowest BCUT2D eigenvalue weighted by Crippen LogP contribution is -2.44. The molecule has 1 aromatic heterocycles. The van der Waals surface area contributed by atoms with Gasteiger partial charge in [-0.05, 0) is 43.3 Å². The van der Waals surface area contributed by atoms with Crippen molar-refractivity contribution in [1.82, 2.24) is 9.80 Å². The Hall–Kier alpha value is -2.34. The summed E-state index contributed by atoms with van der Waals surface area (Å²) in [5, 5.41) is 1.91. The monoisotopic (exact) mass is 386 g/mol. The fraction of sp³-hybridized carbons (Fsp3) is 0.429. The van der Waals surface area contributed by atoms with Gasteiger partial charge in [0.1, 0.15) is 12.4 Å². The highest BCUT2D eigenvalue weighted by Crippen LogP contribution is 2.22. The number of ether oxygens (including phenoxy) is 1. The standard InChI is InChI=1S/C21H26N2O3S/c1-16-5-7-18(8-6-16)26-14-13-22(2)20(24)17-9-11-23(12-10-17)21(25)19-4-3-15-27-19/h3-8,15,17H,9-14H2,1-2H3. The molecule has 0 saturated carbocycles. The minimum absolute atomic E-state index is 0.0123. The third-order valence-electron chi connectivity index (χ3n) is 4.96. The summed E-state index contributed by atoms with van der Waals surface area (Å²) >= 11 is 1.46. The molecule has 0 atom stereocenters. The molecule has 2 heterocycles. The van der Waals surface area contributed by atoms with E-state index in [0.29, 0.717) is 26.2 Å². The molecular formula is C21H26N2O3S. The molecule has 6 heteroatoms. The summed E-state index contributed by atoms with van der Waals surface area (Å²) in [5.41, 5.74) is 1.19. The van der Waals surface area contributed by atoms with E-state index in [2.05, 4.69) is 0 Å². The normalized spacial score (nSPS) is 14.8. The summed E-state index contributed by atoms with van der Waals surface area (Å²) in [7, 11) is 1.82. The third-order valence-corrected chi connectivity index (χ3v) is 5.81. The summed E-state index contributed by atoms with van der Waals surface area (Å²) < 4.78 is 5.71. The maximum absolute atomic E-state index is 12.7. The lowest BCUT2D eigenvalue weighted by molar-refractivity contribution is -0.135. The van der Waals surface area contributed by atoms with Crippen molar-refractivity contribution in [3.05, 3.63) is 52.2 Å². The van der Waals surface area contributed by atoms with Crippen LogP contribution >= 0.6 is 11.3 Å². The Balaban J connectivity index is 1.41. The molecule has 2 amide bonds. The number of carbonyl (C=O) groups excluding carboxylic acids is 2. The van der Waals surface area contributed by atoms with Crippen molar-refractivity contribution in [3.63, 3.8) is 0 Å². The van der Waals surface area contributed by atoms with Crippen molar-refractivity contribution >= 4 is 23.2 Å². The number of hydrogen-bond donors (Lipinski definition) is 0. The molecule has 1 aromatic carbocycles. The fourth-order valence-electron chi connectivity index (χ4n) is 3.24. The number of likely N-dealkylation sites (tertiary alicyclic amines) is 1. The molecule has 3 rings (SSSR count). The van der Waals surface area contributed by atoms with E-state index in [4.69, 9.17) is 4.74 Å². The van der Waals surface area contributed by atoms with E-state index in [9.17, 15) is 9.59 Å². The first kappa shape index (κ1) is 19.4. The largest absolute Gasteiger partial charge is 0.492 e. The number of nitrogens with zero attached hydrogens (tertiary/aromatic N) is 2. The molecule has 0 N–H and O–H groups in total. The van der Waals surface area contributed by atoms with Crippen LogP contribution in [0.4, 0.5) is 0 Å². The zero-order valence-electron chi connectivity index (χ0n) is 15.9. The predicted octanol–water partition coefficient (Wildman–Crippen LogP) is 3.45. The van der Waals surface area contributed by atoms with Gasteiger partial charge in [-0.2, -0.15) is 0 Å². The minimum Gasteiger partial charge on any atom is -0.492 e. The smallest absolute Gasteiger partial charge is 0.263 e. The van der Waals surface area contributed by atoms with E-state index in [1.807, 2.05) is 60.6 Å². The van der Waals surface area contributed by atoms with Crippen LogP contribution in [-0.2, 0) is 4.79 Å². The van der Waals surface area contributed by atoms with Crippen LogP contribution in [0.1, 0.15) is 28.1 Å². The average molecular weight is 387 g/mol. The second-order valence-corrected chi connectivity index (χ2v) is 7.91. The number of thiophene rings is 1. The SMILES string of the molecule is Cc1ccc(OCCN(C)C(=O)C2CCN(C(=O)c3cccs3)CC2)cc1. The zero-order valence-corrected chi connectivity index (χ0v) is 16.7. The number of piperidine rings is 1. The lowest BCUT2D eigenvalue weighted by Gasteiger charge is -2.33. The Kier molecular flexibility index (Phi) is 6.50. The summed E-state index contributed by atoms with van der Waals surface area (Å²) in [6, 6.07) is 11.6. The second kappa shape index (κ2) is 9.04. The van der Waals surface area contributed by atoms with Crippen molar-refractivity contribution in [2.24, 2.45) is 5.92 Å². The van der Waals surface area contributed by atoms with Crippen LogP contribution in [0.2, 0.25) is 0 Å². The van der Waals surface area contributed by atoms with E-state index in [1.54, 1.807) is 4.90 Å². The fourth-order valence-corrected chi connectivity index (χ4v) is 3.93.